The van der Waals surface area contributed by atoms with Crippen LogP contribution >= 0.6 is 0 Å². The highest BCUT2D eigenvalue weighted by atomic mass is 15.4. The van der Waals surface area contributed by atoms with E-state index in [-0.39, 0.29) is 11.6 Å². The first-order chi connectivity index (χ1) is 11.9. The molecule has 0 spiro atoms. The van der Waals surface area contributed by atoms with Crippen molar-refractivity contribution in [2.45, 2.75) is 64.0 Å². The largest absolute Gasteiger partial charge is 0.360 e. The van der Waals surface area contributed by atoms with Crippen LogP contribution in [0.1, 0.15) is 58.2 Å². The Morgan fingerprint density at radius 1 is 1.20 bits per heavy atom. The standard InChI is InChI=1S/C20H27N5/c1-20(2,3)25-19(13-7-6-8-14(21)11-13)23-18(24-25)16-12-22-17-10-5-4-9-15(16)17/h4-5,9-10,12-14,22H,6-8,11,21H2,1-3H3/t13-,14+/m1/s1. The first kappa shape index (κ1) is 16.3. The molecule has 5 heteroatoms. The van der Waals surface area contributed by atoms with Crippen molar-refractivity contribution >= 4 is 10.9 Å². The summed E-state index contributed by atoms with van der Waals surface area (Å²) in [6, 6.07) is 8.58. The summed E-state index contributed by atoms with van der Waals surface area (Å²) in [6.07, 6.45) is 6.46. The minimum Gasteiger partial charge on any atom is -0.360 e. The minimum atomic E-state index is -0.103. The molecule has 1 aromatic carbocycles. The molecule has 0 bridgehead atoms. The van der Waals surface area contributed by atoms with Crippen molar-refractivity contribution in [3.8, 4) is 11.4 Å². The molecule has 3 aromatic rings. The third kappa shape index (κ3) is 2.97. The average Bonchev–Trinajstić information content (AvgIpc) is 3.18. The van der Waals surface area contributed by atoms with Crippen LogP contribution in [-0.2, 0) is 5.54 Å². The first-order valence-corrected chi connectivity index (χ1v) is 9.23. The first-order valence-electron chi connectivity index (χ1n) is 9.23. The molecule has 1 saturated carbocycles. The SMILES string of the molecule is CC(C)(C)n1nc(-c2c[nH]c3ccccc23)nc1[C@@H]1CCC[C@H](N)C1. The molecular weight excluding hydrogens is 310 g/mol. The molecule has 3 N–H and O–H groups in total. The Bertz CT molecular complexity index is 883. The maximum Gasteiger partial charge on any atom is 0.183 e. The third-order valence-corrected chi connectivity index (χ3v) is 5.18. The van der Waals surface area contributed by atoms with E-state index in [1.165, 1.54) is 11.8 Å². The zero-order valence-electron chi connectivity index (χ0n) is 15.3. The molecule has 0 radical (unpaired) electrons. The fourth-order valence-electron chi connectivity index (χ4n) is 3.91. The van der Waals surface area contributed by atoms with Crippen LogP contribution in [0.4, 0.5) is 0 Å². The van der Waals surface area contributed by atoms with Gasteiger partial charge >= 0.3 is 0 Å². The Hall–Kier alpha value is -2.14. The van der Waals surface area contributed by atoms with Crippen LogP contribution in [0.3, 0.4) is 0 Å². The molecule has 2 heterocycles. The Kier molecular flexibility index (Phi) is 3.91. The van der Waals surface area contributed by atoms with Gasteiger partial charge in [0.05, 0.1) is 5.54 Å². The highest BCUT2D eigenvalue weighted by molar-refractivity contribution is 5.93. The van der Waals surface area contributed by atoms with Gasteiger partial charge in [0.1, 0.15) is 5.82 Å². The van der Waals surface area contributed by atoms with E-state index < -0.39 is 0 Å². The van der Waals surface area contributed by atoms with E-state index in [9.17, 15) is 0 Å². The maximum absolute atomic E-state index is 6.23. The summed E-state index contributed by atoms with van der Waals surface area (Å²) in [6.45, 7) is 6.56. The quantitative estimate of drug-likeness (QED) is 0.737. The molecular formula is C20H27N5. The number of nitrogens with two attached hydrogens (primary N) is 1. The van der Waals surface area contributed by atoms with Crippen molar-refractivity contribution in [2.75, 3.05) is 0 Å². The van der Waals surface area contributed by atoms with Crippen molar-refractivity contribution in [1.29, 1.82) is 0 Å². The number of hydrogen-bond acceptors (Lipinski definition) is 3. The van der Waals surface area contributed by atoms with Gasteiger partial charge in [-0.3, -0.25) is 0 Å². The van der Waals surface area contributed by atoms with Gasteiger partial charge in [-0.2, -0.15) is 5.10 Å². The molecule has 5 nitrogen and oxygen atoms in total. The van der Waals surface area contributed by atoms with Crippen LogP contribution in [0, 0.1) is 0 Å². The Morgan fingerprint density at radius 2 is 2.00 bits per heavy atom. The predicted octanol–water partition coefficient (Wildman–Crippen LogP) is 4.17. The van der Waals surface area contributed by atoms with Gasteiger partial charge in [0.2, 0.25) is 0 Å². The van der Waals surface area contributed by atoms with Gasteiger partial charge in [0.15, 0.2) is 5.82 Å². The normalized spacial score (nSPS) is 21.8. The van der Waals surface area contributed by atoms with Crippen LogP contribution in [0.5, 0.6) is 0 Å². The Morgan fingerprint density at radius 3 is 2.76 bits per heavy atom. The Labute approximate surface area is 148 Å². The summed E-state index contributed by atoms with van der Waals surface area (Å²) in [5, 5.41) is 6.09. The van der Waals surface area contributed by atoms with E-state index in [0.717, 1.165) is 42.0 Å². The summed E-state index contributed by atoms with van der Waals surface area (Å²) in [7, 11) is 0. The number of H-pyrrole nitrogens is 1. The van der Waals surface area contributed by atoms with E-state index in [4.69, 9.17) is 15.8 Å². The lowest BCUT2D eigenvalue weighted by Gasteiger charge is -2.29. The van der Waals surface area contributed by atoms with Crippen LogP contribution < -0.4 is 5.73 Å². The van der Waals surface area contributed by atoms with Gasteiger partial charge in [0, 0.05) is 34.6 Å². The lowest BCUT2D eigenvalue weighted by molar-refractivity contribution is 0.306. The number of fused-ring (bicyclic) bond motifs is 1. The summed E-state index contributed by atoms with van der Waals surface area (Å²) in [5.41, 5.74) is 8.32. The number of aromatic amines is 1. The monoisotopic (exact) mass is 337 g/mol. The van der Waals surface area contributed by atoms with E-state index in [0.29, 0.717) is 5.92 Å². The molecule has 1 fully saturated rings. The third-order valence-electron chi connectivity index (χ3n) is 5.18. The van der Waals surface area contributed by atoms with Gasteiger partial charge in [-0.25, -0.2) is 9.67 Å². The van der Waals surface area contributed by atoms with Crippen LogP contribution in [0.25, 0.3) is 22.3 Å². The molecule has 132 valence electrons. The maximum atomic E-state index is 6.23. The number of nitrogens with zero attached hydrogens (tertiary/aromatic N) is 3. The molecule has 0 unspecified atom stereocenters. The van der Waals surface area contributed by atoms with Crippen molar-refractivity contribution in [3.63, 3.8) is 0 Å². The molecule has 1 aliphatic carbocycles. The summed E-state index contributed by atoms with van der Waals surface area (Å²) >= 11 is 0. The second-order valence-electron chi connectivity index (χ2n) is 8.25. The van der Waals surface area contributed by atoms with Crippen molar-refractivity contribution in [1.82, 2.24) is 19.7 Å². The van der Waals surface area contributed by atoms with Crippen LogP contribution in [-0.4, -0.2) is 25.8 Å². The van der Waals surface area contributed by atoms with Crippen molar-refractivity contribution in [2.24, 2.45) is 5.73 Å². The second kappa shape index (κ2) is 5.99. The van der Waals surface area contributed by atoms with Gasteiger partial charge in [-0.15, -0.1) is 0 Å². The number of nitrogens with one attached hydrogen (secondary N) is 1. The molecule has 0 saturated heterocycles. The molecule has 4 rings (SSSR count). The number of rotatable bonds is 2. The number of hydrogen-bond donors (Lipinski definition) is 2. The van der Waals surface area contributed by atoms with Crippen molar-refractivity contribution < 1.29 is 0 Å². The van der Waals surface area contributed by atoms with Gasteiger partial charge < -0.3 is 10.7 Å². The molecule has 1 aliphatic rings. The highest BCUT2D eigenvalue weighted by Gasteiger charge is 2.30. The molecule has 0 aliphatic heterocycles. The van der Waals surface area contributed by atoms with E-state index in [1.54, 1.807) is 0 Å². The fraction of sp³-hybridized carbons (Fsp3) is 0.500. The van der Waals surface area contributed by atoms with E-state index in [1.807, 2.05) is 12.3 Å². The minimum absolute atomic E-state index is 0.103. The molecule has 2 aromatic heterocycles. The fourth-order valence-corrected chi connectivity index (χ4v) is 3.91. The topological polar surface area (TPSA) is 72.5 Å². The summed E-state index contributed by atoms with van der Waals surface area (Å²) in [4.78, 5) is 8.34. The predicted molar refractivity (Wildman–Crippen MR) is 101 cm³/mol. The number of para-hydroxylation sites is 1. The molecule has 0 amide bonds. The zero-order valence-corrected chi connectivity index (χ0v) is 15.3. The number of aromatic nitrogens is 4. The van der Waals surface area contributed by atoms with Gasteiger partial charge in [-0.05, 0) is 46.1 Å². The zero-order chi connectivity index (χ0) is 17.6. The second-order valence-corrected chi connectivity index (χ2v) is 8.25. The van der Waals surface area contributed by atoms with Crippen molar-refractivity contribution in [3.05, 3.63) is 36.3 Å². The summed E-state index contributed by atoms with van der Waals surface area (Å²) in [5.74, 6) is 2.29. The summed E-state index contributed by atoms with van der Waals surface area (Å²) < 4.78 is 2.12. The lowest BCUT2D eigenvalue weighted by atomic mass is 9.85. The smallest absolute Gasteiger partial charge is 0.183 e. The average molecular weight is 337 g/mol. The van der Waals surface area contributed by atoms with E-state index in [2.05, 4.69) is 48.6 Å². The molecule has 25 heavy (non-hydrogen) atoms. The lowest BCUT2D eigenvalue weighted by Crippen LogP contribution is -2.31. The van der Waals surface area contributed by atoms with Crippen LogP contribution in [0.15, 0.2) is 30.5 Å². The van der Waals surface area contributed by atoms with E-state index >= 15 is 0 Å². The Balaban J connectivity index is 1.82. The van der Waals surface area contributed by atoms with Gasteiger partial charge in [-0.1, -0.05) is 24.6 Å². The molecule has 2 atom stereocenters. The van der Waals surface area contributed by atoms with Gasteiger partial charge in [0.25, 0.3) is 0 Å². The highest BCUT2D eigenvalue weighted by Crippen LogP contribution is 2.35. The number of benzene rings is 1. The van der Waals surface area contributed by atoms with Crippen LogP contribution in [0.2, 0.25) is 0 Å².